The molecule has 0 saturated heterocycles. The van der Waals surface area contributed by atoms with E-state index in [9.17, 15) is 27.2 Å². The van der Waals surface area contributed by atoms with Crippen LogP contribution in [0.3, 0.4) is 0 Å². The minimum Gasteiger partial charge on any atom is -0.489 e. The Morgan fingerprint density at radius 1 is 0.905 bits per heavy atom. The number of nitrogens with one attached hydrogen (secondary N) is 2. The average Bonchev–Trinajstić information content (AvgIpc) is 2.97. The fraction of sp³-hybridized carbons (Fsp3) is 0.152. The largest absolute Gasteiger partial charge is 0.489 e. The summed E-state index contributed by atoms with van der Waals surface area (Å²) in [5.41, 5.74) is -1.32. The lowest BCUT2D eigenvalue weighted by molar-refractivity contribution is -0.201. The van der Waals surface area contributed by atoms with Crippen molar-refractivity contribution in [2.45, 2.75) is 31.7 Å². The maximum Gasteiger partial charge on any atom is 0.416 e. The van der Waals surface area contributed by atoms with E-state index >= 15 is 0 Å². The van der Waals surface area contributed by atoms with Gasteiger partial charge in [-0.05, 0) is 65.6 Å². The Bertz CT molecular complexity index is 1620. The fourth-order valence-electron chi connectivity index (χ4n) is 4.84. The molecule has 1 unspecified atom stereocenters. The van der Waals surface area contributed by atoms with Gasteiger partial charge in [-0.25, -0.2) is 4.39 Å². The smallest absolute Gasteiger partial charge is 0.416 e. The molecule has 0 radical (unpaired) electrons. The Morgan fingerprint density at radius 2 is 1.55 bits per heavy atom. The SMILES string of the molecule is Cc1ccc(C2=C(C(=O)Nc3ccc(F)cc3)C(=O)NC(c3ccc(OCc4ccccc4)cc3)(C(F)(F)F)C2)cc1. The second kappa shape index (κ2) is 11.5. The summed E-state index contributed by atoms with van der Waals surface area (Å²) in [5.74, 6) is -2.27. The minimum absolute atomic E-state index is 0.0694. The zero-order valence-corrected chi connectivity index (χ0v) is 22.5. The normalized spacial score (nSPS) is 17.0. The van der Waals surface area contributed by atoms with E-state index in [2.05, 4.69) is 10.6 Å². The van der Waals surface area contributed by atoms with Crippen molar-refractivity contribution in [1.29, 1.82) is 0 Å². The third-order valence-corrected chi connectivity index (χ3v) is 7.11. The molecule has 2 amide bonds. The van der Waals surface area contributed by atoms with Gasteiger partial charge in [0.25, 0.3) is 11.8 Å². The van der Waals surface area contributed by atoms with Crippen LogP contribution in [-0.2, 0) is 21.7 Å². The zero-order chi connectivity index (χ0) is 29.9. The molecule has 0 spiro atoms. The number of hydrogen-bond donors (Lipinski definition) is 2. The summed E-state index contributed by atoms with van der Waals surface area (Å²) in [6.07, 6.45) is -5.66. The standard InChI is InChI=1S/C33H26F4N2O3/c1-21-7-9-23(10-8-21)28-19-32(33(35,36)37,24-11-17-27(18-12-24)42-20-22-5-3-2-4-6-22)39-31(41)29(28)30(40)38-26-15-13-25(34)14-16-26/h2-18H,19-20H2,1H3,(H,38,40)(H,39,41). The van der Waals surface area contributed by atoms with Gasteiger partial charge in [-0.2, -0.15) is 13.2 Å². The van der Waals surface area contributed by atoms with Crippen LogP contribution in [0.25, 0.3) is 5.57 Å². The number of hydrogen-bond acceptors (Lipinski definition) is 3. The van der Waals surface area contributed by atoms with E-state index in [1.54, 1.807) is 24.3 Å². The van der Waals surface area contributed by atoms with E-state index < -0.39 is 41.3 Å². The van der Waals surface area contributed by atoms with Crippen molar-refractivity contribution in [2.24, 2.45) is 0 Å². The van der Waals surface area contributed by atoms with Crippen LogP contribution in [0.15, 0.2) is 109 Å². The zero-order valence-electron chi connectivity index (χ0n) is 22.5. The molecule has 0 bridgehead atoms. The fourth-order valence-corrected chi connectivity index (χ4v) is 4.84. The molecule has 4 aromatic carbocycles. The predicted octanol–water partition coefficient (Wildman–Crippen LogP) is 7.08. The molecule has 0 fully saturated rings. The van der Waals surface area contributed by atoms with Crippen molar-refractivity contribution in [3.05, 3.63) is 137 Å². The van der Waals surface area contributed by atoms with Gasteiger partial charge >= 0.3 is 6.18 Å². The van der Waals surface area contributed by atoms with Crippen LogP contribution >= 0.6 is 0 Å². The lowest BCUT2D eigenvalue weighted by Crippen LogP contribution is -2.59. The summed E-state index contributed by atoms with van der Waals surface area (Å²) in [7, 11) is 0. The highest BCUT2D eigenvalue weighted by atomic mass is 19.4. The summed E-state index contributed by atoms with van der Waals surface area (Å²) >= 11 is 0. The number of ether oxygens (including phenoxy) is 1. The summed E-state index contributed by atoms with van der Waals surface area (Å²) in [4.78, 5) is 26.8. The molecule has 1 atom stereocenters. The van der Waals surface area contributed by atoms with Crippen LogP contribution in [0.1, 0.15) is 28.7 Å². The van der Waals surface area contributed by atoms with E-state index in [-0.39, 0.29) is 23.4 Å². The molecule has 1 heterocycles. The molecule has 2 N–H and O–H groups in total. The van der Waals surface area contributed by atoms with Crippen LogP contribution in [0.4, 0.5) is 23.2 Å². The Morgan fingerprint density at radius 3 is 2.17 bits per heavy atom. The molecule has 9 heteroatoms. The van der Waals surface area contributed by atoms with Crippen LogP contribution < -0.4 is 15.4 Å². The third-order valence-electron chi connectivity index (χ3n) is 7.11. The number of benzene rings is 4. The molecule has 1 aliphatic rings. The number of amides is 2. The van der Waals surface area contributed by atoms with Crippen LogP contribution in [-0.4, -0.2) is 18.0 Å². The molecule has 5 rings (SSSR count). The first-order valence-electron chi connectivity index (χ1n) is 13.1. The molecule has 0 aliphatic carbocycles. The number of carbonyl (C=O) groups excluding carboxylic acids is 2. The van der Waals surface area contributed by atoms with Crippen molar-refractivity contribution < 1.29 is 31.9 Å². The molecule has 0 aromatic heterocycles. The highest BCUT2D eigenvalue weighted by Gasteiger charge is 2.60. The first-order valence-corrected chi connectivity index (χ1v) is 13.1. The highest BCUT2D eigenvalue weighted by molar-refractivity contribution is 6.28. The average molecular weight is 575 g/mol. The summed E-state index contributed by atoms with van der Waals surface area (Å²) in [5, 5.41) is 4.62. The number of carbonyl (C=O) groups is 2. The van der Waals surface area contributed by atoms with Gasteiger partial charge in [0, 0.05) is 12.1 Å². The lowest BCUT2D eigenvalue weighted by atomic mass is 9.76. The third kappa shape index (κ3) is 5.90. The Kier molecular flexibility index (Phi) is 7.85. The highest BCUT2D eigenvalue weighted by Crippen LogP contribution is 2.48. The van der Waals surface area contributed by atoms with Crippen molar-refractivity contribution in [3.8, 4) is 5.75 Å². The number of aryl methyl sites for hydroxylation is 1. The first-order chi connectivity index (χ1) is 20.1. The van der Waals surface area contributed by atoms with Crippen LogP contribution in [0, 0.1) is 12.7 Å². The molecule has 214 valence electrons. The van der Waals surface area contributed by atoms with Gasteiger partial charge in [-0.1, -0.05) is 72.3 Å². The van der Waals surface area contributed by atoms with E-state index in [0.717, 1.165) is 23.3 Å². The Balaban J connectivity index is 1.53. The van der Waals surface area contributed by atoms with Crippen LogP contribution in [0.5, 0.6) is 5.75 Å². The summed E-state index contributed by atoms with van der Waals surface area (Å²) < 4.78 is 64.1. The van der Waals surface area contributed by atoms with E-state index in [1.807, 2.05) is 37.3 Å². The van der Waals surface area contributed by atoms with E-state index in [1.165, 1.54) is 36.4 Å². The Hall–Kier alpha value is -4.92. The summed E-state index contributed by atoms with van der Waals surface area (Å²) in [6.45, 7) is 2.05. The molecule has 42 heavy (non-hydrogen) atoms. The predicted molar refractivity (Wildman–Crippen MR) is 151 cm³/mol. The number of alkyl halides is 3. The molecule has 5 nitrogen and oxygen atoms in total. The van der Waals surface area contributed by atoms with Crippen molar-refractivity contribution in [3.63, 3.8) is 0 Å². The molecular formula is C33H26F4N2O3. The van der Waals surface area contributed by atoms with Gasteiger partial charge in [-0.3, -0.25) is 9.59 Å². The molecule has 1 aliphatic heterocycles. The topological polar surface area (TPSA) is 67.4 Å². The number of anilines is 1. The second-order valence-electron chi connectivity index (χ2n) is 10.0. The minimum atomic E-state index is -4.93. The Labute approximate surface area is 239 Å². The van der Waals surface area contributed by atoms with E-state index in [0.29, 0.717) is 11.3 Å². The van der Waals surface area contributed by atoms with Gasteiger partial charge in [-0.15, -0.1) is 0 Å². The monoisotopic (exact) mass is 574 g/mol. The molecule has 4 aromatic rings. The molecule has 0 saturated carbocycles. The van der Waals surface area contributed by atoms with Gasteiger partial charge in [0.15, 0.2) is 5.54 Å². The quantitative estimate of drug-likeness (QED) is 0.183. The number of halogens is 4. The van der Waals surface area contributed by atoms with Crippen molar-refractivity contribution in [2.75, 3.05) is 5.32 Å². The van der Waals surface area contributed by atoms with Gasteiger partial charge < -0.3 is 15.4 Å². The van der Waals surface area contributed by atoms with Gasteiger partial charge in [0.05, 0.1) is 0 Å². The van der Waals surface area contributed by atoms with E-state index in [4.69, 9.17) is 4.74 Å². The summed E-state index contributed by atoms with van der Waals surface area (Å²) in [6, 6.07) is 26.1. The molecular weight excluding hydrogens is 548 g/mol. The van der Waals surface area contributed by atoms with Gasteiger partial charge in [0.1, 0.15) is 23.7 Å². The number of rotatable bonds is 7. The maximum absolute atomic E-state index is 15.0. The van der Waals surface area contributed by atoms with Crippen molar-refractivity contribution >= 4 is 23.1 Å². The first kappa shape index (κ1) is 28.6. The van der Waals surface area contributed by atoms with Crippen LogP contribution in [0.2, 0.25) is 0 Å². The second-order valence-corrected chi connectivity index (χ2v) is 10.0. The maximum atomic E-state index is 15.0. The lowest BCUT2D eigenvalue weighted by Gasteiger charge is -2.41. The van der Waals surface area contributed by atoms with Crippen molar-refractivity contribution in [1.82, 2.24) is 5.32 Å². The van der Waals surface area contributed by atoms with Gasteiger partial charge in [0.2, 0.25) is 0 Å².